The zero-order valence-electron chi connectivity index (χ0n) is 11.7. The summed E-state index contributed by atoms with van der Waals surface area (Å²) in [6, 6.07) is 7.73. The Bertz CT molecular complexity index is 661. The summed E-state index contributed by atoms with van der Waals surface area (Å²) in [5.74, 6) is -1.06. The Balaban J connectivity index is 2.39. The summed E-state index contributed by atoms with van der Waals surface area (Å²) in [4.78, 5) is 0. The quantitative estimate of drug-likeness (QED) is 0.776. The van der Waals surface area contributed by atoms with Gasteiger partial charge in [0.05, 0.1) is 0 Å². The summed E-state index contributed by atoms with van der Waals surface area (Å²) in [5.41, 5.74) is 1.31. The summed E-state index contributed by atoms with van der Waals surface area (Å²) in [5, 5.41) is 3.53. The van der Waals surface area contributed by atoms with Gasteiger partial charge in [-0.2, -0.15) is 0 Å². The van der Waals surface area contributed by atoms with E-state index in [2.05, 4.69) is 21.2 Å². The number of likely N-dealkylation sites (N-methyl/N-ethyl adjacent to an activating group) is 1. The molecule has 112 valence electrons. The molecule has 1 atom stereocenters. The van der Waals surface area contributed by atoms with E-state index in [9.17, 15) is 8.78 Å². The largest absolute Gasteiger partial charge is 0.313 e. The number of halogens is 4. The monoisotopic (exact) mass is 373 g/mol. The lowest BCUT2D eigenvalue weighted by molar-refractivity contribution is 0.486. The molecule has 0 bridgehead atoms. The third-order valence-corrected chi connectivity index (χ3v) is 4.30. The van der Waals surface area contributed by atoms with Gasteiger partial charge in [-0.3, -0.25) is 0 Å². The van der Waals surface area contributed by atoms with Gasteiger partial charge in [-0.05, 0) is 49.7 Å². The Hall–Kier alpha value is -0.970. The van der Waals surface area contributed by atoms with Crippen molar-refractivity contribution in [2.24, 2.45) is 0 Å². The Morgan fingerprint density at radius 2 is 1.95 bits per heavy atom. The van der Waals surface area contributed by atoms with E-state index in [1.165, 1.54) is 12.1 Å². The molecule has 0 aliphatic carbocycles. The Morgan fingerprint density at radius 3 is 2.57 bits per heavy atom. The summed E-state index contributed by atoms with van der Waals surface area (Å²) in [6.07, 6.45) is 0.403. The molecule has 0 aromatic heterocycles. The number of aryl methyl sites for hydroxylation is 1. The highest BCUT2D eigenvalue weighted by Gasteiger charge is 2.21. The highest BCUT2D eigenvalue weighted by atomic mass is 79.9. The highest BCUT2D eigenvalue weighted by Crippen LogP contribution is 2.29. The number of hydrogen-bond donors (Lipinski definition) is 1. The standard InChI is InChI=1S/C16H15BrClF2N/c1-9-3-6-13(19)15(16(9)20)14(21-2)7-10-4-5-11(17)8-12(10)18/h3-6,8,14,21H,7H2,1-2H3. The van der Waals surface area contributed by atoms with E-state index in [0.717, 1.165) is 10.0 Å². The summed E-state index contributed by atoms with van der Waals surface area (Å²) >= 11 is 9.52. The highest BCUT2D eigenvalue weighted by molar-refractivity contribution is 9.10. The van der Waals surface area contributed by atoms with Crippen LogP contribution >= 0.6 is 27.5 Å². The van der Waals surface area contributed by atoms with Crippen molar-refractivity contribution in [3.8, 4) is 0 Å². The number of hydrogen-bond acceptors (Lipinski definition) is 1. The molecule has 21 heavy (non-hydrogen) atoms. The van der Waals surface area contributed by atoms with Crippen molar-refractivity contribution >= 4 is 27.5 Å². The van der Waals surface area contributed by atoms with Crippen molar-refractivity contribution in [1.82, 2.24) is 5.32 Å². The summed E-state index contributed by atoms with van der Waals surface area (Å²) in [7, 11) is 1.68. The molecule has 2 rings (SSSR count). The van der Waals surface area contributed by atoms with Crippen LogP contribution in [0.3, 0.4) is 0 Å². The van der Waals surface area contributed by atoms with Crippen LogP contribution in [0.2, 0.25) is 5.02 Å². The van der Waals surface area contributed by atoms with Crippen LogP contribution in [0, 0.1) is 18.6 Å². The second-order valence-electron chi connectivity index (χ2n) is 4.87. The number of benzene rings is 2. The number of nitrogens with one attached hydrogen (secondary N) is 1. The second-order valence-corrected chi connectivity index (χ2v) is 6.20. The van der Waals surface area contributed by atoms with Gasteiger partial charge in [0.15, 0.2) is 0 Å². The van der Waals surface area contributed by atoms with Gasteiger partial charge in [-0.25, -0.2) is 8.78 Å². The van der Waals surface area contributed by atoms with Crippen LogP contribution in [0.25, 0.3) is 0 Å². The maximum absolute atomic E-state index is 14.2. The predicted octanol–water partition coefficient (Wildman–Crippen LogP) is 5.19. The predicted molar refractivity (Wildman–Crippen MR) is 85.8 cm³/mol. The van der Waals surface area contributed by atoms with E-state index >= 15 is 0 Å². The van der Waals surface area contributed by atoms with Gasteiger partial charge in [0.1, 0.15) is 11.6 Å². The third kappa shape index (κ3) is 3.62. The molecule has 0 fully saturated rings. The lowest BCUT2D eigenvalue weighted by Crippen LogP contribution is -2.22. The van der Waals surface area contributed by atoms with Crippen LogP contribution in [0.4, 0.5) is 8.78 Å². The van der Waals surface area contributed by atoms with E-state index in [1.807, 2.05) is 12.1 Å². The second kappa shape index (κ2) is 6.86. The van der Waals surface area contributed by atoms with Crippen molar-refractivity contribution < 1.29 is 8.78 Å². The Labute approximate surface area is 136 Å². The van der Waals surface area contributed by atoms with Crippen LogP contribution in [0.15, 0.2) is 34.8 Å². The van der Waals surface area contributed by atoms with E-state index in [1.54, 1.807) is 20.0 Å². The molecule has 0 aliphatic rings. The molecule has 0 spiro atoms. The molecule has 0 saturated carbocycles. The zero-order valence-corrected chi connectivity index (χ0v) is 14.0. The fourth-order valence-electron chi connectivity index (χ4n) is 2.25. The van der Waals surface area contributed by atoms with Crippen LogP contribution < -0.4 is 5.32 Å². The zero-order chi connectivity index (χ0) is 15.6. The molecular weight excluding hydrogens is 360 g/mol. The van der Waals surface area contributed by atoms with Gasteiger partial charge < -0.3 is 5.32 Å². The SMILES string of the molecule is CNC(Cc1ccc(Br)cc1Cl)c1c(F)ccc(C)c1F. The molecule has 1 N–H and O–H groups in total. The van der Waals surface area contributed by atoms with Crippen molar-refractivity contribution in [2.75, 3.05) is 7.05 Å². The van der Waals surface area contributed by atoms with Gasteiger partial charge in [0, 0.05) is 21.1 Å². The molecule has 2 aromatic rings. The maximum Gasteiger partial charge on any atom is 0.133 e. The van der Waals surface area contributed by atoms with Crippen molar-refractivity contribution in [1.29, 1.82) is 0 Å². The fourth-order valence-corrected chi connectivity index (χ4v) is 3.00. The van der Waals surface area contributed by atoms with Gasteiger partial charge in [-0.1, -0.05) is 39.7 Å². The first kappa shape index (κ1) is 16.4. The van der Waals surface area contributed by atoms with E-state index in [4.69, 9.17) is 11.6 Å². The molecule has 0 amide bonds. The molecule has 1 nitrogen and oxygen atoms in total. The van der Waals surface area contributed by atoms with E-state index in [-0.39, 0.29) is 5.56 Å². The maximum atomic E-state index is 14.2. The first-order valence-electron chi connectivity index (χ1n) is 6.49. The molecule has 1 unspecified atom stereocenters. The molecule has 0 saturated heterocycles. The van der Waals surface area contributed by atoms with Crippen LogP contribution in [-0.2, 0) is 6.42 Å². The molecule has 0 radical (unpaired) electrons. The van der Waals surface area contributed by atoms with Gasteiger partial charge in [-0.15, -0.1) is 0 Å². The summed E-state index contributed by atoms with van der Waals surface area (Å²) in [6.45, 7) is 1.62. The van der Waals surface area contributed by atoms with Crippen LogP contribution in [0.5, 0.6) is 0 Å². The lowest BCUT2D eigenvalue weighted by atomic mass is 9.96. The van der Waals surface area contributed by atoms with Crippen LogP contribution in [-0.4, -0.2) is 7.05 Å². The summed E-state index contributed by atoms with van der Waals surface area (Å²) < 4.78 is 29.1. The van der Waals surface area contributed by atoms with Gasteiger partial charge >= 0.3 is 0 Å². The van der Waals surface area contributed by atoms with E-state index < -0.39 is 17.7 Å². The normalized spacial score (nSPS) is 12.5. The molecule has 5 heteroatoms. The minimum absolute atomic E-state index is 0.0523. The van der Waals surface area contributed by atoms with Crippen molar-refractivity contribution in [3.05, 3.63) is 68.2 Å². The smallest absolute Gasteiger partial charge is 0.133 e. The minimum atomic E-state index is -0.550. The molecule has 0 aliphatic heterocycles. The average Bonchev–Trinajstić information content (AvgIpc) is 2.44. The first-order valence-corrected chi connectivity index (χ1v) is 7.66. The van der Waals surface area contributed by atoms with Gasteiger partial charge in [0.2, 0.25) is 0 Å². The fraction of sp³-hybridized carbons (Fsp3) is 0.250. The molecule has 2 aromatic carbocycles. The van der Waals surface area contributed by atoms with Crippen LogP contribution in [0.1, 0.15) is 22.7 Å². The van der Waals surface area contributed by atoms with Crippen molar-refractivity contribution in [2.45, 2.75) is 19.4 Å². The number of rotatable bonds is 4. The first-order chi connectivity index (χ1) is 9.93. The Kier molecular flexibility index (Phi) is 5.36. The van der Waals surface area contributed by atoms with Gasteiger partial charge in [0.25, 0.3) is 0 Å². The average molecular weight is 375 g/mol. The van der Waals surface area contributed by atoms with E-state index in [0.29, 0.717) is 17.0 Å². The third-order valence-electron chi connectivity index (χ3n) is 3.46. The van der Waals surface area contributed by atoms with Crippen molar-refractivity contribution in [3.63, 3.8) is 0 Å². The lowest BCUT2D eigenvalue weighted by Gasteiger charge is -2.20. The molecule has 0 heterocycles. The molecular formula is C16H15BrClF2N. The topological polar surface area (TPSA) is 12.0 Å². The Morgan fingerprint density at radius 1 is 1.24 bits per heavy atom. The minimum Gasteiger partial charge on any atom is -0.313 e.